The summed E-state index contributed by atoms with van der Waals surface area (Å²) < 4.78 is 31.0. The maximum atomic E-state index is 12.1. The molecule has 128 valence electrons. The largest absolute Gasteiger partial charge is 0.497 e. The summed E-state index contributed by atoms with van der Waals surface area (Å²) in [5, 5.41) is 2.38. The number of aryl methyl sites for hydroxylation is 1. The van der Waals surface area contributed by atoms with Crippen molar-refractivity contribution in [2.45, 2.75) is 11.8 Å². The van der Waals surface area contributed by atoms with Crippen LogP contribution in [-0.2, 0) is 14.8 Å². The second-order valence-electron chi connectivity index (χ2n) is 4.80. The number of sulfonamides is 1. The lowest BCUT2D eigenvalue weighted by Crippen LogP contribution is -2.39. The number of hydrogen-bond acceptors (Lipinski definition) is 6. The molecule has 0 bridgehead atoms. The Morgan fingerprint density at radius 1 is 1.12 bits per heavy atom. The lowest BCUT2D eigenvalue weighted by atomic mass is 10.3. The van der Waals surface area contributed by atoms with Crippen molar-refractivity contribution in [3.05, 3.63) is 46.2 Å². The van der Waals surface area contributed by atoms with Gasteiger partial charge in [0.25, 0.3) is 21.8 Å². The van der Waals surface area contributed by atoms with E-state index in [4.69, 9.17) is 4.74 Å². The summed E-state index contributed by atoms with van der Waals surface area (Å²) in [5.41, 5.74) is 0. The van der Waals surface area contributed by atoms with Crippen LogP contribution in [0.3, 0.4) is 0 Å². The predicted octanol–water partition coefficient (Wildman–Crippen LogP) is 1.30. The highest BCUT2D eigenvalue weighted by Crippen LogP contribution is 2.15. The van der Waals surface area contributed by atoms with Crippen molar-refractivity contribution < 1.29 is 22.7 Å². The van der Waals surface area contributed by atoms with Crippen LogP contribution in [0.25, 0.3) is 0 Å². The fourth-order valence-corrected chi connectivity index (χ4v) is 3.57. The molecule has 0 aliphatic heterocycles. The lowest BCUT2D eigenvalue weighted by molar-refractivity contribution is -0.118. The van der Waals surface area contributed by atoms with Crippen LogP contribution in [0.1, 0.15) is 14.5 Å². The van der Waals surface area contributed by atoms with Gasteiger partial charge in [0, 0.05) is 4.88 Å². The highest BCUT2D eigenvalue weighted by atomic mass is 32.2. The number of rotatable bonds is 6. The van der Waals surface area contributed by atoms with Crippen LogP contribution < -0.4 is 14.8 Å². The first-order chi connectivity index (χ1) is 11.3. The summed E-state index contributed by atoms with van der Waals surface area (Å²) in [6.07, 6.45) is 0. The Labute approximate surface area is 143 Å². The number of amides is 2. The van der Waals surface area contributed by atoms with Crippen molar-refractivity contribution >= 4 is 33.2 Å². The monoisotopic (exact) mass is 368 g/mol. The van der Waals surface area contributed by atoms with Crippen LogP contribution in [0.5, 0.6) is 5.75 Å². The Kier molecular flexibility index (Phi) is 5.58. The van der Waals surface area contributed by atoms with Crippen molar-refractivity contribution in [2.75, 3.05) is 13.7 Å². The van der Waals surface area contributed by atoms with Gasteiger partial charge in [-0.2, -0.15) is 0 Å². The quantitative estimate of drug-likeness (QED) is 0.800. The minimum Gasteiger partial charge on any atom is -0.497 e. The van der Waals surface area contributed by atoms with Gasteiger partial charge in [0.15, 0.2) is 0 Å². The molecule has 1 aromatic carbocycles. The molecule has 7 nitrogen and oxygen atoms in total. The van der Waals surface area contributed by atoms with E-state index < -0.39 is 28.4 Å². The van der Waals surface area contributed by atoms with Gasteiger partial charge in [-0.1, -0.05) is 0 Å². The minimum atomic E-state index is -4.00. The van der Waals surface area contributed by atoms with Gasteiger partial charge in [-0.05, 0) is 43.3 Å². The number of carbonyl (C=O) groups excluding carboxylic acids is 2. The highest BCUT2D eigenvalue weighted by Gasteiger charge is 2.18. The molecule has 2 aromatic rings. The maximum Gasteiger partial charge on any atom is 0.264 e. The minimum absolute atomic E-state index is 0.0724. The summed E-state index contributed by atoms with van der Waals surface area (Å²) >= 11 is 1.29. The van der Waals surface area contributed by atoms with E-state index in [-0.39, 0.29) is 4.90 Å². The second kappa shape index (κ2) is 7.45. The number of hydrogen-bond donors (Lipinski definition) is 2. The molecule has 2 amide bonds. The molecule has 2 N–H and O–H groups in total. The first-order valence-electron chi connectivity index (χ1n) is 6.86. The number of carbonyl (C=O) groups is 2. The molecule has 0 saturated heterocycles. The van der Waals surface area contributed by atoms with Gasteiger partial charge in [0.05, 0.1) is 23.4 Å². The zero-order chi connectivity index (χ0) is 17.7. The van der Waals surface area contributed by atoms with E-state index in [1.807, 2.05) is 11.6 Å². The Morgan fingerprint density at radius 3 is 2.33 bits per heavy atom. The third-order valence-corrected chi connectivity index (χ3v) is 5.38. The van der Waals surface area contributed by atoms with Crippen LogP contribution in [0.4, 0.5) is 0 Å². The van der Waals surface area contributed by atoms with Gasteiger partial charge < -0.3 is 10.1 Å². The van der Waals surface area contributed by atoms with Gasteiger partial charge in [-0.15, -0.1) is 11.3 Å². The average molecular weight is 368 g/mol. The summed E-state index contributed by atoms with van der Waals surface area (Å²) in [4.78, 5) is 24.9. The van der Waals surface area contributed by atoms with Crippen molar-refractivity contribution in [1.82, 2.24) is 10.0 Å². The van der Waals surface area contributed by atoms with Crippen LogP contribution in [0.15, 0.2) is 41.3 Å². The molecular formula is C15H16N2O5S2. The fourth-order valence-electron chi connectivity index (χ4n) is 1.80. The van der Waals surface area contributed by atoms with E-state index in [1.165, 1.54) is 42.7 Å². The molecule has 0 fully saturated rings. The smallest absolute Gasteiger partial charge is 0.264 e. The molecule has 0 saturated carbocycles. The van der Waals surface area contributed by atoms with Gasteiger partial charge in [0.1, 0.15) is 5.75 Å². The van der Waals surface area contributed by atoms with Crippen LogP contribution in [0, 0.1) is 6.92 Å². The van der Waals surface area contributed by atoms with Gasteiger partial charge in [0.2, 0.25) is 0 Å². The van der Waals surface area contributed by atoms with Crippen molar-refractivity contribution in [2.24, 2.45) is 0 Å². The molecule has 1 aromatic heterocycles. The fraction of sp³-hybridized carbons (Fsp3) is 0.200. The topological polar surface area (TPSA) is 102 Å². The van der Waals surface area contributed by atoms with Crippen molar-refractivity contribution in [3.8, 4) is 5.75 Å². The second-order valence-corrected chi connectivity index (χ2v) is 7.77. The van der Waals surface area contributed by atoms with Gasteiger partial charge in [-0.3, -0.25) is 9.59 Å². The zero-order valence-electron chi connectivity index (χ0n) is 13.0. The third-order valence-electron chi connectivity index (χ3n) is 2.99. The van der Waals surface area contributed by atoms with Crippen molar-refractivity contribution in [1.29, 1.82) is 0 Å². The van der Waals surface area contributed by atoms with E-state index in [0.717, 1.165) is 4.88 Å². The van der Waals surface area contributed by atoms with Crippen molar-refractivity contribution in [3.63, 3.8) is 0 Å². The maximum absolute atomic E-state index is 12.1. The predicted molar refractivity (Wildman–Crippen MR) is 89.7 cm³/mol. The molecule has 24 heavy (non-hydrogen) atoms. The van der Waals surface area contributed by atoms with Crippen LogP contribution in [0.2, 0.25) is 0 Å². The normalized spacial score (nSPS) is 10.9. The molecule has 1 heterocycles. The first kappa shape index (κ1) is 18.0. The molecule has 0 unspecified atom stereocenters. The molecule has 0 atom stereocenters. The number of ether oxygens (including phenoxy) is 1. The van der Waals surface area contributed by atoms with E-state index in [1.54, 1.807) is 12.1 Å². The molecule has 2 rings (SSSR count). The standard InChI is InChI=1S/C15H16N2O5S2/c1-10-3-8-13(23-10)15(19)16-9-14(18)17-24(20,21)12-6-4-11(22-2)5-7-12/h3-8H,9H2,1-2H3,(H,16,19)(H,17,18). The molecule has 0 aliphatic rings. The lowest BCUT2D eigenvalue weighted by Gasteiger charge is -2.08. The van der Waals surface area contributed by atoms with Gasteiger partial charge >= 0.3 is 0 Å². The molecule has 0 aliphatic carbocycles. The summed E-state index contributed by atoms with van der Waals surface area (Å²) in [6, 6.07) is 9.01. The van der Waals surface area contributed by atoms with E-state index >= 15 is 0 Å². The Balaban J connectivity index is 1.94. The Morgan fingerprint density at radius 2 is 1.79 bits per heavy atom. The molecule has 9 heteroatoms. The number of benzene rings is 1. The first-order valence-corrected chi connectivity index (χ1v) is 9.16. The zero-order valence-corrected chi connectivity index (χ0v) is 14.7. The van der Waals surface area contributed by atoms with E-state index in [0.29, 0.717) is 10.6 Å². The summed E-state index contributed by atoms with van der Waals surface area (Å²) in [7, 11) is -2.54. The van der Waals surface area contributed by atoms with Crippen LogP contribution >= 0.6 is 11.3 Å². The van der Waals surface area contributed by atoms with Crippen LogP contribution in [-0.4, -0.2) is 33.9 Å². The number of thiophene rings is 1. The van der Waals surface area contributed by atoms with E-state index in [2.05, 4.69) is 5.32 Å². The third kappa shape index (κ3) is 4.56. The molecule has 0 radical (unpaired) electrons. The van der Waals surface area contributed by atoms with Gasteiger partial charge in [-0.25, -0.2) is 13.1 Å². The number of nitrogens with one attached hydrogen (secondary N) is 2. The Hall–Kier alpha value is -2.39. The number of methoxy groups -OCH3 is 1. The SMILES string of the molecule is COc1ccc(S(=O)(=O)NC(=O)CNC(=O)c2ccc(C)s2)cc1. The van der Waals surface area contributed by atoms with E-state index in [9.17, 15) is 18.0 Å². The summed E-state index contributed by atoms with van der Waals surface area (Å²) in [6.45, 7) is 1.42. The molecule has 0 spiro atoms. The average Bonchev–Trinajstić information content (AvgIpc) is 2.99. The molecular weight excluding hydrogens is 352 g/mol. The highest BCUT2D eigenvalue weighted by molar-refractivity contribution is 7.90. The Bertz CT molecular complexity index is 841. The summed E-state index contributed by atoms with van der Waals surface area (Å²) in [5.74, 6) is -0.753.